The lowest BCUT2D eigenvalue weighted by molar-refractivity contribution is 0.230. The summed E-state index contributed by atoms with van der Waals surface area (Å²) in [7, 11) is 3.37. The van der Waals surface area contributed by atoms with Crippen LogP contribution in [0.1, 0.15) is 0 Å². The smallest absolute Gasteiger partial charge is 0.321 e. The average molecular weight is 291 g/mol. The highest BCUT2D eigenvalue weighted by Gasteiger charge is 2.05. The summed E-state index contributed by atoms with van der Waals surface area (Å²) in [5.41, 5.74) is 0.676. The van der Waals surface area contributed by atoms with Crippen LogP contribution in [0.5, 0.6) is 11.5 Å². The van der Waals surface area contributed by atoms with E-state index in [2.05, 4.69) is 5.32 Å². The SMILES string of the molecule is CN(C)C(=O)Nc1cccc(Oc2ccc(Cl)cc2)c1. The van der Waals surface area contributed by atoms with Crippen molar-refractivity contribution in [2.75, 3.05) is 19.4 Å². The highest BCUT2D eigenvalue weighted by molar-refractivity contribution is 6.30. The van der Waals surface area contributed by atoms with Gasteiger partial charge in [0.1, 0.15) is 11.5 Å². The van der Waals surface area contributed by atoms with Crippen LogP contribution in [-0.2, 0) is 0 Å². The number of carbonyl (C=O) groups is 1. The maximum Gasteiger partial charge on any atom is 0.321 e. The number of hydrogen-bond acceptors (Lipinski definition) is 2. The normalized spacial score (nSPS) is 9.95. The van der Waals surface area contributed by atoms with E-state index in [1.807, 2.05) is 12.1 Å². The fraction of sp³-hybridized carbons (Fsp3) is 0.133. The Morgan fingerprint density at radius 1 is 1.10 bits per heavy atom. The van der Waals surface area contributed by atoms with Gasteiger partial charge in [0.15, 0.2) is 0 Å². The lowest BCUT2D eigenvalue weighted by Gasteiger charge is -2.13. The lowest BCUT2D eigenvalue weighted by atomic mass is 10.3. The highest BCUT2D eigenvalue weighted by atomic mass is 35.5. The molecule has 0 spiro atoms. The van der Waals surface area contributed by atoms with Gasteiger partial charge >= 0.3 is 6.03 Å². The molecular weight excluding hydrogens is 276 g/mol. The molecule has 0 radical (unpaired) electrons. The molecule has 2 aromatic carbocycles. The van der Waals surface area contributed by atoms with E-state index in [-0.39, 0.29) is 6.03 Å². The first-order chi connectivity index (χ1) is 9.54. The second kappa shape index (κ2) is 6.30. The van der Waals surface area contributed by atoms with Crippen LogP contribution in [0.2, 0.25) is 5.02 Å². The first-order valence-corrected chi connectivity index (χ1v) is 6.44. The van der Waals surface area contributed by atoms with Crippen LogP contribution in [0, 0.1) is 0 Å². The number of carbonyl (C=O) groups excluding carboxylic acids is 1. The molecule has 0 aliphatic carbocycles. The predicted molar refractivity (Wildman–Crippen MR) is 80.7 cm³/mol. The van der Waals surface area contributed by atoms with Crippen molar-refractivity contribution in [1.82, 2.24) is 4.90 Å². The molecule has 4 nitrogen and oxygen atoms in total. The van der Waals surface area contributed by atoms with Crippen LogP contribution in [-0.4, -0.2) is 25.0 Å². The van der Waals surface area contributed by atoms with Crippen molar-refractivity contribution < 1.29 is 9.53 Å². The molecule has 0 saturated carbocycles. The topological polar surface area (TPSA) is 41.6 Å². The predicted octanol–water partition coefficient (Wildman–Crippen LogP) is 4.23. The van der Waals surface area contributed by atoms with E-state index in [1.165, 1.54) is 4.90 Å². The zero-order chi connectivity index (χ0) is 14.5. The monoisotopic (exact) mass is 290 g/mol. The molecular formula is C15H15ClN2O2. The van der Waals surface area contributed by atoms with Gasteiger partial charge in [-0.1, -0.05) is 17.7 Å². The van der Waals surface area contributed by atoms with Gasteiger partial charge in [-0.05, 0) is 36.4 Å². The number of nitrogens with one attached hydrogen (secondary N) is 1. The van der Waals surface area contributed by atoms with Gasteiger partial charge in [-0.25, -0.2) is 4.79 Å². The highest BCUT2D eigenvalue weighted by Crippen LogP contribution is 2.25. The minimum atomic E-state index is -0.186. The number of ether oxygens (including phenoxy) is 1. The summed E-state index contributed by atoms with van der Waals surface area (Å²) in [6.45, 7) is 0. The second-order valence-electron chi connectivity index (χ2n) is 4.41. The lowest BCUT2D eigenvalue weighted by Crippen LogP contribution is -2.27. The molecule has 0 unspecified atom stereocenters. The van der Waals surface area contributed by atoms with Crippen molar-refractivity contribution in [2.45, 2.75) is 0 Å². The maximum atomic E-state index is 11.6. The Hall–Kier alpha value is -2.20. The van der Waals surface area contributed by atoms with E-state index < -0.39 is 0 Å². The van der Waals surface area contributed by atoms with Crippen LogP contribution in [0.3, 0.4) is 0 Å². The zero-order valence-electron chi connectivity index (χ0n) is 11.3. The Morgan fingerprint density at radius 3 is 2.45 bits per heavy atom. The quantitative estimate of drug-likeness (QED) is 0.919. The van der Waals surface area contributed by atoms with Crippen molar-refractivity contribution in [3.8, 4) is 11.5 Å². The van der Waals surface area contributed by atoms with Gasteiger partial charge in [-0.3, -0.25) is 0 Å². The zero-order valence-corrected chi connectivity index (χ0v) is 12.0. The molecule has 20 heavy (non-hydrogen) atoms. The molecule has 0 atom stereocenters. The number of anilines is 1. The van der Waals surface area contributed by atoms with Gasteiger partial charge < -0.3 is 15.0 Å². The molecule has 0 fully saturated rings. The molecule has 0 heterocycles. The number of halogens is 1. The Bertz CT molecular complexity index is 597. The van der Waals surface area contributed by atoms with E-state index in [0.717, 1.165) is 0 Å². The second-order valence-corrected chi connectivity index (χ2v) is 4.84. The summed E-state index contributed by atoms with van der Waals surface area (Å²) >= 11 is 5.82. The molecule has 0 aliphatic rings. The van der Waals surface area contributed by atoms with E-state index in [0.29, 0.717) is 22.2 Å². The third-order valence-corrected chi connectivity index (χ3v) is 2.79. The van der Waals surface area contributed by atoms with Crippen molar-refractivity contribution >= 4 is 23.3 Å². The summed E-state index contributed by atoms with van der Waals surface area (Å²) in [4.78, 5) is 13.0. The Morgan fingerprint density at radius 2 is 1.80 bits per heavy atom. The fourth-order valence-electron chi connectivity index (χ4n) is 1.51. The fourth-order valence-corrected chi connectivity index (χ4v) is 1.64. The third kappa shape index (κ3) is 3.90. The molecule has 2 aromatic rings. The summed E-state index contributed by atoms with van der Waals surface area (Å²) in [6.07, 6.45) is 0. The Kier molecular flexibility index (Phi) is 4.48. The van der Waals surface area contributed by atoms with Crippen LogP contribution >= 0.6 is 11.6 Å². The summed E-state index contributed by atoms with van der Waals surface area (Å²) in [5.74, 6) is 1.33. The molecule has 0 bridgehead atoms. The summed E-state index contributed by atoms with van der Waals surface area (Å²) in [5, 5.41) is 3.42. The van der Waals surface area contributed by atoms with Crippen LogP contribution in [0.4, 0.5) is 10.5 Å². The van der Waals surface area contributed by atoms with Crippen LogP contribution < -0.4 is 10.1 Å². The minimum Gasteiger partial charge on any atom is -0.457 e. The van der Waals surface area contributed by atoms with E-state index >= 15 is 0 Å². The Balaban J connectivity index is 2.09. The molecule has 5 heteroatoms. The van der Waals surface area contributed by atoms with E-state index in [4.69, 9.17) is 16.3 Å². The van der Waals surface area contributed by atoms with E-state index in [9.17, 15) is 4.79 Å². The number of urea groups is 1. The molecule has 2 rings (SSSR count). The van der Waals surface area contributed by atoms with Gasteiger partial charge in [-0.2, -0.15) is 0 Å². The third-order valence-electron chi connectivity index (χ3n) is 2.54. The van der Waals surface area contributed by atoms with Crippen molar-refractivity contribution in [1.29, 1.82) is 0 Å². The van der Waals surface area contributed by atoms with Gasteiger partial charge in [0.25, 0.3) is 0 Å². The number of amides is 2. The van der Waals surface area contributed by atoms with Gasteiger partial charge in [0, 0.05) is 30.9 Å². The molecule has 0 aliphatic heterocycles. The summed E-state index contributed by atoms with van der Waals surface area (Å²) < 4.78 is 5.69. The van der Waals surface area contributed by atoms with Crippen molar-refractivity contribution in [3.05, 3.63) is 53.6 Å². The molecule has 1 N–H and O–H groups in total. The number of hydrogen-bond donors (Lipinski definition) is 1. The number of rotatable bonds is 3. The van der Waals surface area contributed by atoms with Crippen LogP contribution in [0.15, 0.2) is 48.5 Å². The van der Waals surface area contributed by atoms with Crippen molar-refractivity contribution in [3.63, 3.8) is 0 Å². The van der Waals surface area contributed by atoms with Crippen molar-refractivity contribution in [2.24, 2.45) is 0 Å². The van der Waals surface area contributed by atoms with Gasteiger partial charge in [0.05, 0.1) is 0 Å². The largest absolute Gasteiger partial charge is 0.457 e. The standard InChI is InChI=1S/C15H15ClN2O2/c1-18(2)15(19)17-12-4-3-5-14(10-12)20-13-8-6-11(16)7-9-13/h3-10H,1-2H3,(H,17,19). The first kappa shape index (κ1) is 14.2. The van der Waals surface area contributed by atoms with Crippen LogP contribution in [0.25, 0.3) is 0 Å². The number of benzene rings is 2. The first-order valence-electron chi connectivity index (χ1n) is 6.06. The van der Waals surface area contributed by atoms with Gasteiger partial charge in [0.2, 0.25) is 0 Å². The molecule has 104 valence electrons. The minimum absolute atomic E-state index is 0.186. The molecule has 2 amide bonds. The maximum absolute atomic E-state index is 11.6. The Labute approximate surface area is 122 Å². The molecule has 0 saturated heterocycles. The summed E-state index contributed by atoms with van der Waals surface area (Å²) in [6, 6.07) is 14.1. The number of nitrogens with zero attached hydrogens (tertiary/aromatic N) is 1. The average Bonchev–Trinajstić information content (AvgIpc) is 2.42. The molecule has 0 aromatic heterocycles. The van der Waals surface area contributed by atoms with E-state index in [1.54, 1.807) is 50.5 Å². The van der Waals surface area contributed by atoms with Gasteiger partial charge in [-0.15, -0.1) is 0 Å².